The fourth-order valence-corrected chi connectivity index (χ4v) is 6.34. The fourth-order valence-electron chi connectivity index (χ4n) is 6.34. The van der Waals surface area contributed by atoms with E-state index in [0.29, 0.717) is 17.9 Å². The Balaban J connectivity index is 1.69. The summed E-state index contributed by atoms with van der Waals surface area (Å²) in [5.41, 5.74) is 4.12. The molecule has 1 unspecified atom stereocenters. The van der Waals surface area contributed by atoms with Gasteiger partial charge >= 0.3 is 5.97 Å². The van der Waals surface area contributed by atoms with E-state index in [2.05, 4.69) is 19.1 Å². The van der Waals surface area contributed by atoms with Crippen LogP contribution in [0.25, 0.3) is 0 Å². The lowest BCUT2D eigenvalue weighted by molar-refractivity contribution is -0.145. The van der Waals surface area contributed by atoms with Gasteiger partial charge in [0.05, 0.1) is 6.61 Å². The van der Waals surface area contributed by atoms with Gasteiger partial charge < -0.3 is 4.74 Å². The summed E-state index contributed by atoms with van der Waals surface area (Å²) in [6, 6.07) is 0. The van der Waals surface area contributed by atoms with Crippen molar-refractivity contribution in [1.29, 1.82) is 0 Å². The van der Waals surface area contributed by atoms with Crippen LogP contribution in [0.3, 0.4) is 0 Å². The number of fused-ring (bicyclic) bond motifs is 4. The van der Waals surface area contributed by atoms with Gasteiger partial charge in [0.1, 0.15) is 0 Å². The van der Waals surface area contributed by atoms with E-state index in [1.54, 1.807) is 18.1 Å². The molecule has 0 radical (unpaired) electrons. The molecule has 4 aliphatic carbocycles. The van der Waals surface area contributed by atoms with Gasteiger partial charge in [-0.3, -0.25) is 4.79 Å². The summed E-state index contributed by atoms with van der Waals surface area (Å²) in [5, 5.41) is 0. The first-order valence-electron chi connectivity index (χ1n) is 9.59. The molecule has 0 heterocycles. The molecule has 4 rings (SSSR count). The lowest BCUT2D eigenvalue weighted by Gasteiger charge is -2.52. The maximum atomic E-state index is 11.3. The molecular formula is C21H30O2. The van der Waals surface area contributed by atoms with Gasteiger partial charge in [-0.25, -0.2) is 0 Å². The van der Waals surface area contributed by atoms with E-state index < -0.39 is 0 Å². The molecule has 0 aromatic heterocycles. The number of allylic oxidation sites excluding steroid dienone is 4. The van der Waals surface area contributed by atoms with Crippen LogP contribution in [0.15, 0.2) is 23.3 Å². The largest absolute Gasteiger partial charge is 0.465 e. The van der Waals surface area contributed by atoms with Gasteiger partial charge in [0.25, 0.3) is 0 Å². The molecular weight excluding hydrogens is 284 g/mol. The maximum absolute atomic E-state index is 11.3. The van der Waals surface area contributed by atoms with Crippen LogP contribution in [-0.4, -0.2) is 12.6 Å². The summed E-state index contributed by atoms with van der Waals surface area (Å²) >= 11 is 0. The van der Waals surface area contributed by atoms with Crippen LogP contribution in [0.5, 0.6) is 0 Å². The lowest BCUT2D eigenvalue weighted by Crippen LogP contribution is -2.43. The van der Waals surface area contributed by atoms with Crippen molar-refractivity contribution in [1.82, 2.24) is 0 Å². The van der Waals surface area contributed by atoms with Gasteiger partial charge in [0.2, 0.25) is 0 Å². The Hall–Kier alpha value is -1.05. The van der Waals surface area contributed by atoms with Crippen molar-refractivity contribution in [2.24, 2.45) is 22.7 Å². The van der Waals surface area contributed by atoms with E-state index in [0.717, 1.165) is 5.92 Å². The molecule has 0 spiro atoms. The number of hydrogen-bond acceptors (Lipinski definition) is 2. The Morgan fingerprint density at radius 1 is 1.26 bits per heavy atom. The molecule has 23 heavy (non-hydrogen) atoms. The predicted octanol–water partition coefficient (Wildman–Crippen LogP) is 5.19. The zero-order valence-electron chi connectivity index (χ0n) is 14.7. The number of carbonyl (C=O) groups excluding carboxylic acids is 1. The van der Waals surface area contributed by atoms with Crippen molar-refractivity contribution in [3.05, 3.63) is 23.3 Å². The first-order valence-corrected chi connectivity index (χ1v) is 9.59. The smallest absolute Gasteiger partial charge is 0.302 e. The molecule has 4 aliphatic rings. The van der Waals surface area contributed by atoms with Crippen LogP contribution in [0, 0.1) is 22.7 Å². The van der Waals surface area contributed by atoms with Gasteiger partial charge in [0, 0.05) is 17.8 Å². The molecule has 2 heteroatoms. The topological polar surface area (TPSA) is 26.3 Å². The van der Waals surface area contributed by atoms with Crippen LogP contribution >= 0.6 is 0 Å². The van der Waals surface area contributed by atoms with E-state index in [-0.39, 0.29) is 11.4 Å². The van der Waals surface area contributed by atoms with Crippen molar-refractivity contribution in [3.63, 3.8) is 0 Å². The fraction of sp³-hybridized carbons (Fsp3) is 0.762. The summed E-state index contributed by atoms with van der Waals surface area (Å²) in [6.45, 7) is 4.70. The minimum atomic E-state index is -0.115. The van der Waals surface area contributed by atoms with Crippen molar-refractivity contribution in [2.75, 3.05) is 6.61 Å². The molecule has 0 N–H and O–H groups in total. The van der Waals surface area contributed by atoms with Crippen LogP contribution in [0.1, 0.15) is 71.6 Å². The van der Waals surface area contributed by atoms with Gasteiger partial charge in [0.15, 0.2) is 0 Å². The van der Waals surface area contributed by atoms with Gasteiger partial charge in [-0.15, -0.1) is 0 Å². The van der Waals surface area contributed by atoms with Crippen LogP contribution in [0.2, 0.25) is 0 Å². The molecule has 126 valence electrons. The summed E-state index contributed by atoms with van der Waals surface area (Å²) in [4.78, 5) is 11.3. The van der Waals surface area contributed by atoms with Crippen LogP contribution < -0.4 is 0 Å². The summed E-state index contributed by atoms with van der Waals surface area (Å²) in [7, 11) is 0. The Labute approximate surface area is 140 Å². The second-order valence-electron chi connectivity index (χ2n) is 8.59. The van der Waals surface area contributed by atoms with Gasteiger partial charge in [-0.1, -0.05) is 36.6 Å². The van der Waals surface area contributed by atoms with Crippen molar-refractivity contribution in [2.45, 2.75) is 71.6 Å². The van der Waals surface area contributed by atoms with E-state index in [9.17, 15) is 4.79 Å². The normalized spacial score (nSPS) is 42.0. The minimum absolute atomic E-state index is 0.115. The third-order valence-electron chi connectivity index (χ3n) is 7.56. The van der Waals surface area contributed by atoms with Gasteiger partial charge in [-0.2, -0.15) is 0 Å². The first kappa shape index (κ1) is 15.5. The summed E-state index contributed by atoms with van der Waals surface area (Å²) < 4.78 is 5.52. The highest BCUT2D eigenvalue weighted by atomic mass is 16.5. The molecule has 2 nitrogen and oxygen atoms in total. The Bertz CT molecular complexity index is 572. The Kier molecular flexibility index (Phi) is 3.70. The highest BCUT2D eigenvalue weighted by Gasteiger charge is 2.52. The van der Waals surface area contributed by atoms with E-state index in [4.69, 9.17) is 4.74 Å². The third-order valence-corrected chi connectivity index (χ3v) is 7.56. The monoisotopic (exact) mass is 314 g/mol. The number of carbonyl (C=O) groups is 1. The molecule has 0 amide bonds. The highest BCUT2D eigenvalue weighted by Crippen LogP contribution is 2.62. The quantitative estimate of drug-likeness (QED) is 0.518. The van der Waals surface area contributed by atoms with Gasteiger partial charge in [-0.05, 0) is 63.2 Å². The number of hydrogen-bond donors (Lipinski definition) is 0. The van der Waals surface area contributed by atoms with Crippen LogP contribution in [-0.2, 0) is 9.53 Å². The van der Waals surface area contributed by atoms with E-state index >= 15 is 0 Å². The van der Waals surface area contributed by atoms with Crippen molar-refractivity contribution < 1.29 is 9.53 Å². The number of rotatable bonds is 2. The second kappa shape index (κ2) is 5.50. The van der Waals surface area contributed by atoms with E-state index in [1.165, 1.54) is 57.8 Å². The molecule has 1 saturated carbocycles. The molecule has 0 aliphatic heterocycles. The van der Waals surface area contributed by atoms with Crippen LogP contribution in [0.4, 0.5) is 0 Å². The number of esters is 1. The predicted molar refractivity (Wildman–Crippen MR) is 91.9 cm³/mol. The molecule has 0 aromatic carbocycles. The lowest BCUT2D eigenvalue weighted by atomic mass is 9.53. The summed E-state index contributed by atoms with van der Waals surface area (Å²) in [5.74, 6) is 1.42. The molecule has 0 saturated heterocycles. The average Bonchev–Trinajstić information content (AvgIpc) is 2.97. The molecule has 1 fully saturated rings. The molecule has 0 bridgehead atoms. The average molecular weight is 314 g/mol. The highest BCUT2D eigenvalue weighted by molar-refractivity contribution is 5.66. The van der Waals surface area contributed by atoms with E-state index in [1.807, 2.05) is 0 Å². The first-order chi connectivity index (χ1) is 11.1. The third kappa shape index (κ3) is 2.32. The second-order valence-corrected chi connectivity index (χ2v) is 8.59. The standard InChI is InChI=1S/C21H30O2/c1-15(22)23-14-21-12-5-7-19(21)17-9-8-16-6-3-4-11-20(16,2)18(17)10-13-21/h4,11,16,19H,3,5-10,12-14H2,1-2H3/t16?,19-,20-,21-/m0/s1. The molecule has 0 aromatic rings. The molecule has 4 atom stereocenters. The SMILES string of the molecule is CC(=O)OC[C@@]12CCC[C@H]1C1=C(CC2)[C@@]2(C)C=CCCC2CC1. The Morgan fingerprint density at radius 3 is 2.96 bits per heavy atom. The zero-order valence-corrected chi connectivity index (χ0v) is 14.7. The minimum Gasteiger partial charge on any atom is -0.465 e. The maximum Gasteiger partial charge on any atom is 0.302 e. The summed E-state index contributed by atoms with van der Waals surface area (Å²) in [6.07, 6.45) is 16.6. The Morgan fingerprint density at radius 2 is 2.13 bits per heavy atom. The number of ether oxygens (including phenoxy) is 1. The zero-order chi connectivity index (χ0) is 16.1. The van der Waals surface area contributed by atoms with Crippen molar-refractivity contribution in [3.8, 4) is 0 Å². The van der Waals surface area contributed by atoms with Crippen molar-refractivity contribution >= 4 is 5.97 Å².